The number of nitrogens with zero attached hydrogens (tertiary/aromatic N) is 1. The van der Waals surface area contributed by atoms with E-state index >= 15 is 0 Å². The Morgan fingerprint density at radius 2 is 1.55 bits per heavy atom. The first-order valence-corrected chi connectivity index (χ1v) is 8.08. The van der Waals surface area contributed by atoms with Crippen molar-refractivity contribution in [2.75, 3.05) is 6.54 Å². The van der Waals surface area contributed by atoms with Crippen molar-refractivity contribution >= 4 is 11.8 Å². The second-order valence-corrected chi connectivity index (χ2v) is 7.19. The topological polar surface area (TPSA) is 57.6 Å². The van der Waals surface area contributed by atoms with Crippen LogP contribution in [0.5, 0.6) is 0 Å². The third-order valence-corrected chi connectivity index (χ3v) is 5.45. The van der Waals surface area contributed by atoms with Gasteiger partial charge in [0, 0.05) is 0 Å². The minimum Gasteiger partial charge on any atom is -0.388 e. The minimum atomic E-state index is -0.841. The van der Waals surface area contributed by atoms with Gasteiger partial charge in [-0.3, -0.25) is 14.5 Å². The van der Waals surface area contributed by atoms with E-state index in [-0.39, 0.29) is 30.2 Å². The maximum atomic E-state index is 12.4. The smallest absolute Gasteiger partial charge is 0.233 e. The van der Waals surface area contributed by atoms with Gasteiger partial charge in [0.25, 0.3) is 0 Å². The highest BCUT2D eigenvalue weighted by Gasteiger charge is 2.53. The largest absolute Gasteiger partial charge is 0.388 e. The second kappa shape index (κ2) is 5.14. The molecule has 0 bridgehead atoms. The molecule has 1 saturated heterocycles. The first-order valence-electron chi connectivity index (χ1n) is 8.08. The summed E-state index contributed by atoms with van der Waals surface area (Å²) < 4.78 is 0. The molecule has 2 saturated carbocycles. The van der Waals surface area contributed by atoms with Gasteiger partial charge in [0.05, 0.1) is 24.0 Å². The fourth-order valence-electron chi connectivity index (χ4n) is 4.34. The summed E-state index contributed by atoms with van der Waals surface area (Å²) in [4.78, 5) is 26.3. The van der Waals surface area contributed by atoms with Crippen molar-refractivity contribution in [2.45, 2.75) is 63.9 Å². The molecule has 3 rings (SSSR count). The Morgan fingerprint density at radius 1 is 1.05 bits per heavy atom. The summed E-state index contributed by atoms with van der Waals surface area (Å²) in [7, 11) is 0. The third kappa shape index (κ3) is 2.39. The van der Waals surface area contributed by atoms with E-state index in [1.165, 1.54) is 4.90 Å². The summed E-state index contributed by atoms with van der Waals surface area (Å²) >= 11 is 0. The normalized spacial score (nSPS) is 37.1. The molecule has 3 fully saturated rings. The molecular weight excluding hydrogens is 254 g/mol. The number of carbonyl (C=O) groups excluding carboxylic acids is 2. The van der Waals surface area contributed by atoms with Gasteiger partial charge in [-0.25, -0.2) is 0 Å². The lowest BCUT2D eigenvalue weighted by atomic mass is 9.93. The zero-order valence-electron chi connectivity index (χ0n) is 12.3. The molecule has 2 atom stereocenters. The molecule has 112 valence electrons. The Morgan fingerprint density at radius 3 is 2.05 bits per heavy atom. The van der Waals surface area contributed by atoms with Gasteiger partial charge in [-0.05, 0) is 31.6 Å². The Balaban J connectivity index is 1.72. The Hall–Kier alpha value is -0.900. The molecule has 2 unspecified atom stereocenters. The molecule has 1 aliphatic heterocycles. The van der Waals surface area contributed by atoms with E-state index in [1.807, 2.05) is 0 Å². The van der Waals surface area contributed by atoms with Crippen molar-refractivity contribution in [2.24, 2.45) is 17.8 Å². The van der Waals surface area contributed by atoms with Crippen molar-refractivity contribution in [3.8, 4) is 0 Å². The highest BCUT2D eigenvalue weighted by molar-refractivity contribution is 6.05. The van der Waals surface area contributed by atoms with Crippen molar-refractivity contribution in [1.82, 2.24) is 4.90 Å². The van der Waals surface area contributed by atoms with E-state index in [2.05, 4.69) is 6.92 Å². The predicted molar refractivity (Wildman–Crippen MR) is 74.7 cm³/mol. The first kappa shape index (κ1) is 14.1. The Labute approximate surface area is 120 Å². The second-order valence-electron chi connectivity index (χ2n) is 7.19. The van der Waals surface area contributed by atoms with Crippen LogP contribution in [0.1, 0.15) is 58.3 Å². The maximum Gasteiger partial charge on any atom is 0.233 e. The monoisotopic (exact) mass is 279 g/mol. The van der Waals surface area contributed by atoms with Crippen LogP contribution in [0.3, 0.4) is 0 Å². The lowest BCUT2D eigenvalue weighted by molar-refractivity contribution is -0.145. The average molecular weight is 279 g/mol. The summed E-state index contributed by atoms with van der Waals surface area (Å²) in [6.07, 6.45) is 7.40. The van der Waals surface area contributed by atoms with Gasteiger partial charge in [0.1, 0.15) is 0 Å². The zero-order chi connectivity index (χ0) is 14.3. The third-order valence-electron chi connectivity index (χ3n) is 5.45. The number of imide groups is 1. The van der Waals surface area contributed by atoms with Crippen molar-refractivity contribution in [1.29, 1.82) is 0 Å². The fourth-order valence-corrected chi connectivity index (χ4v) is 4.34. The Bertz CT molecular complexity index is 388. The molecular formula is C16H25NO3. The Kier molecular flexibility index (Phi) is 3.61. The summed E-state index contributed by atoms with van der Waals surface area (Å²) in [5.41, 5.74) is -0.841. The highest BCUT2D eigenvalue weighted by Crippen LogP contribution is 2.43. The molecule has 20 heavy (non-hydrogen) atoms. The van der Waals surface area contributed by atoms with Crippen LogP contribution in [0.4, 0.5) is 0 Å². The molecule has 0 aromatic rings. The van der Waals surface area contributed by atoms with E-state index in [0.29, 0.717) is 5.92 Å². The number of hydrogen-bond acceptors (Lipinski definition) is 3. The van der Waals surface area contributed by atoms with Crippen LogP contribution in [0.15, 0.2) is 0 Å². The number of carbonyl (C=O) groups is 2. The van der Waals surface area contributed by atoms with Crippen LogP contribution < -0.4 is 0 Å². The van der Waals surface area contributed by atoms with Gasteiger partial charge in [-0.15, -0.1) is 0 Å². The van der Waals surface area contributed by atoms with Crippen molar-refractivity contribution in [3.05, 3.63) is 0 Å². The summed E-state index contributed by atoms with van der Waals surface area (Å²) in [6, 6.07) is 0. The van der Waals surface area contributed by atoms with E-state index in [0.717, 1.165) is 51.4 Å². The highest BCUT2D eigenvalue weighted by atomic mass is 16.3. The summed E-state index contributed by atoms with van der Waals surface area (Å²) in [6.45, 7) is 2.34. The lowest BCUT2D eigenvalue weighted by Gasteiger charge is -2.31. The fraction of sp³-hybridized carbons (Fsp3) is 0.875. The molecule has 1 heterocycles. The molecule has 0 spiro atoms. The van der Waals surface area contributed by atoms with Gasteiger partial charge >= 0.3 is 0 Å². The number of fused-ring (bicyclic) bond motifs is 1. The molecule has 4 nitrogen and oxygen atoms in total. The molecule has 2 aliphatic carbocycles. The van der Waals surface area contributed by atoms with Crippen LogP contribution in [-0.2, 0) is 9.59 Å². The molecule has 4 heteroatoms. The first-order chi connectivity index (χ1) is 9.50. The van der Waals surface area contributed by atoms with Crippen LogP contribution in [0, 0.1) is 17.8 Å². The number of hydrogen-bond donors (Lipinski definition) is 1. The minimum absolute atomic E-state index is 0.0259. The predicted octanol–water partition coefficient (Wildman–Crippen LogP) is 2.10. The van der Waals surface area contributed by atoms with Gasteiger partial charge in [0.2, 0.25) is 11.8 Å². The number of rotatable bonds is 2. The average Bonchev–Trinajstić information content (AvgIpc) is 2.77. The summed E-state index contributed by atoms with van der Waals surface area (Å²) in [5, 5.41) is 10.7. The van der Waals surface area contributed by atoms with E-state index < -0.39 is 5.60 Å². The van der Waals surface area contributed by atoms with E-state index in [4.69, 9.17) is 0 Å². The van der Waals surface area contributed by atoms with Gasteiger partial charge < -0.3 is 5.11 Å². The van der Waals surface area contributed by atoms with Crippen molar-refractivity contribution < 1.29 is 14.7 Å². The number of β-amino-alcohol motifs (C(OH)–C–C–N with tert-alkyl or cyclic N) is 1. The van der Waals surface area contributed by atoms with E-state index in [9.17, 15) is 14.7 Å². The molecule has 1 N–H and O–H groups in total. The lowest BCUT2D eigenvalue weighted by Crippen LogP contribution is -2.46. The standard InChI is InChI=1S/C16H25NO3/c1-11-8-12-13(9-11)15(19)17(14(12)18)10-16(20)6-4-2-3-5-7-16/h11-13,20H,2-10H2,1H3. The van der Waals surface area contributed by atoms with Gasteiger partial charge in [-0.2, -0.15) is 0 Å². The molecule has 2 amide bonds. The van der Waals surface area contributed by atoms with Gasteiger partial charge in [-0.1, -0.05) is 32.6 Å². The molecule has 0 radical (unpaired) electrons. The SMILES string of the molecule is CC1CC2C(=O)N(CC3(O)CCCCCC3)C(=O)C2C1. The van der Waals surface area contributed by atoms with Crippen LogP contribution in [0.25, 0.3) is 0 Å². The van der Waals surface area contributed by atoms with Crippen molar-refractivity contribution in [3.63, 3.8) is 0 Å². The van der Waals surface area contributed by atoms with Gasteiger partial charge in [0.15, 0.2) is 0 Å². The van der Waals surface area contributed by atoms with E-state index in [1.54, 1.807) is 0 Å². The molecule has 3 aliphatic rings. The number of aliphatic hydroxyl groups is 1. The number of amides is 2. The zero-order valence-corrected chi connectivity index (χ0v) is 12.3. The number of likely N-dealkylation sites (tertiary alicyclic amines) is 1. The molecule has 0 aromatic heterocycles. The van der Waals surface area contributed by atoms with Crippen LogP contribution >= 0.6 is 0 Å². The molecule has 0 aromatic carbocycles. The van der Waals surface area contributed by atoms with Crippen LogP contribution in [0.2, 0.25) is 0 Å². The summed E-state index contributed by atoms with van der Waals surface area (Å²) in [5.74, 6) is 0.212. The maximum absolute atomic E-state index is 12.4. The quantitative estimate of drug-likeness (QED) is 0.622. The van der Waals surface area contributed by atoms with Crippen LogP contribution in [-0.4, -0.2) is 34.0 Å².